The summed E-state index contributed by atoms with van der Waals surface area (Å²) < 4.78 is 31.8. The zero-order valence-electron chi connectivity index (χ0n) is 14.4. The molecule has 2 aromatic carbocycles. The summed E-state index contributed by atoms with van der Waals surface area (Å²) in [7, 11) is -3.78. The zero-order chi connectivity index (χ0) is 19.4. The van der Waals surface area contributed by atoms with Gasteiger partial charge in [0.15, 0.2) is 18.1 Å². The predicted molar refractivity (Wildman–Crippen MR) is 97.4 cm³/mol. The molecular weight excluding hydrogens is 372 g/mol. The van der Waals surface area contributed by atoms with E-state index in [4.69, 9.17) is 4.74 Å². The minimum Gasteiger partial charge on any atom is -0.478 e. The van der Waals surface area contributed by atoms with E-state index in [1.165, 1.54) is 16.4 Å². The van der Waals surface area contributed by atoms with Gasteiger partial charge >= 0.3 is 5.69 Å². The Bertz CT molecular complexity index is 953. The summed E-state index contributed by atoms with van der Waals surface area (Å²) in [4.78, 5) is 22.6. The lowest BCUT2D eigenvalue weighted by Crippen LogP contribution is -2.27. The van der Waals surface area contributed by atoms with Crippen LogP contribution in [0.25, 0.3) is 0 Å². The molecule has 0 N–H and O–H groups in total. The van der Waals surface area contributed by atoms with Crippen molar-refractivity contribution in [1.82, 2.24) is 4.31 Å². The molecule has 0 aliphatic carbocycles. The highest BCUT2D eigenvalue weighted by Crippen LogP contribution is 2.31. The first-order chi connectivity index (χ1) is 12.9. The van der Waals surface area contributed by atoms with Crippen molar-refractivity contribution in [3.8, 4) is 5.75 Å². The number of hydrogen-bond donors (Lipinski definition) is 0. The van der Waals surface area contributed by atoms with Gasteiger partial charge in [0, 0.05) is 24.7 Å². The highest BCUT2D eigenvalue weighted by molar-refractivity contribution is 7.89. The lowest BCUT2D eigenvalue weighted by Gasteiger charge is -2.15. The summed E-state index contributed by atoms with van der Waals surface area (Å²) in [6.45, 7) is 0.420. The Morgan fingerprint density at radius 3 is 2.41 bits per heavy atom. The second-order valence-electron chi connectivity index (χ2n) is 6.08. The molecule has 8 nitrogen and oxygen atoms in total. The molecule has 1 aliphatic heterocycles. The predicted octanol–water partition coefficient (Wildman–Crippen LogP) is 2.64. The molecular formula is C18H18N2O6S. The number of benzene rings is 2. The van der Waals surface area contributed by atoms with E-state index >= 15 is 0 Å². The zero-order valence-corrected chi connectivity index (χ0v) is 15.2. The number of ether oxygens (including phenoxy) is 1. The number of hydrogen-bond acceptors (Lipinski definition) is 6. The summed E-state index contributed by atoms with van der Waals surface area (Å²) >= 11 is 0. The molecule has 2 aromatic rings. The Kier molecular flexibility index (Phi) is 5.52. The van der Waals surface area contributed by atoms with Crippen LogP contribution in [0.15, 0.2) is 53.4 Å². The molecule has 1 saturated heterocycles. The van der Waals surface area contributed by atoms with E-state index in [-0.39, 0.29) is 23.0 Å². The highest BCUT2D eigenvalue weighted by Gasteiger charge is 2.30. The summed E-state index contributed by atoms with van der Waals surface area (Å²) in [5.41, 5.74) is -0.0653. The summed E-state index contributed by atoms with van der Waals surface area (Å²) in [5, 5.41) is 11.4. The van der Waals surface area contributed by atoms with E-state index in [0.29, 0.717) is 18.7 Å². The number of nitrogens with zero attached hydrogens (tertiary/aromatic N) is 2. The Morgan fingerprint density at radius 2 is 1.78 bits per heavy atom. The van der Waals surface area contributed by atoms with E-state index in [2.05, 4.69) is 0 Å². The first-order valence-electron chi connectivity index (χ1n) is 8.39. The van der Waals surface area contributed by atoms with Crippen LogP contribution in [0.4, 0.5) is 5.69 Å². The van der Waals surface area contributed by atoms with Crippen molar-refractivity contribution in [2.45, 2.75) is 17.7 Å². The molecule has 1 heterocycles. The van der Waals surface area contributed by atoms with Gasteiger partial charge in [-0.25, -0.2) is 8.42 Å². The minimum atomic E-state index is -3.78. The van der Waals surface area contributed by atoms with E-state index in [1.807, 2.05) is 0 Å². The van der Waals surface area contributed by atoms with Crippen LogP contribution in [0.3, 0.4) is 0 Å². The third-order valence-electron chi connectivity index (χ3n) is 4.28. The Hall–Kier alpha value is -2.78. The van der Waals surface area contributed by atoms with Crippen molar-refractivity contribution in [3.63, 3.8) is 0 Å². The van der Waals surface area contributed by atoms with Gasteiger partial charge in [0.1, 0.15) is 0 Å². The van der Waals surface area contributed by atoms with Crippen LogP contribution in [-0.4, -0.2) is 43.1 Å². The maximum Gasteiger partial charge on any atom is 0.312 e. The van der Waals surface area contributed by atoms with Crippen LogP contribution < -0.4 is 4.74 Å². The van der Waals surface area contributed by atoms with Gasteiger partial charge in [-0.2, -0.15) is 4.31 Å². The Morgan fingerprint density at radius 1 is 1.11 bits per heavy atom. The number of carbonyl (C=O) groups is 1. The number of carbonyl (C=O) groups excluding carboxylic acids is 1. The number of nitro benzene ring substituents is 1. The van der Waals surface area contributed by atoms with Gasteiger partial charge in [-0.05, 0) is 25.0 Å². The van der Waals surface area contributed by atoms with E-state index in [9.17, 15) is 23.3 Å². The van der Waals surface area contributed by atoms with E-state index < -0.39 is 20.6 Å². The average Bonchev–Trinajstić information content (AvgIpc) is 3.22. The molecule has 1 fully saturated rings. The molecule has 0 aromatic heterocycles. The molecule has 27 heavy (non-hydrogen) atoms. The monoisotopic (exact) mass is 390 g/mol. The fraction of sp³-hybridized carbons (Fsp3) is 0.278. The second kappa shape index (κ2) is 7.85. The molecule has 3 rings (SSSR count). The fourth-order valence-corrected chi connectivity index (χ4v) is 4.39. The maximum absolute atomic E-state index is 12.6. The fourth-order valence-electron chi connectivity index (χ4n) is 2.85. The first kappa shape index (κ1) is 19.0. The average molecular weight is 390 g/mol. The summed E-state index contributed by atoms with van der Waals surface area (Å²) in [5.74, 6) is -0.483. The quantitative estimate of drug-likeness (QED) is 0.409. The van der Waals surface area contributed by atoms with Crippen LogP contribution >= 0.6 is 0 Å². The van der Waals surface area contributed by atoms with Crippen molar-refractivity contribution < 1.29 is 22.9 Å². The van der Waals surface area contributed by atoms with Crippen LogP contribution in [0, 0.1) is 10.1 Å². The minimum absolute atomic E-state index is 0.148. The smallest absolute Gasteiger partial charge is 0.312 e. The van der Waals surface area contributed by atoms with Crippen molar-refractivity contribution in [1.29, 1.82) is 0 Å². The molecule has 0 saturated carbocycles. The van der Waals surface area contributed by atoms with Gasteiger partial charge in [0.25, 0.3) is 0 Å². The highest BCUT2D eigenvalue weighted by atomic mass is 32.2. The first-order valence-corrected chi connectivity index (χ1v) is 9.83. The number of rotatable bonds is 7. The largest absolute Gasteiger partial charge is 0.478 e. The SMILES string of the molecule is O=C(COc1ccc(S(=O)(=O)N2CCCC2)cc1[N+](=O)[O-])c1ccccc1. The van der Waals surface area contributed by atoms with Crippen LogP contribution in [-0.2, 0) is 10.0 Å². The van der Waals surface area contributed by atoms with Crippen molar-refractivity contribution in [2.75, 3.05) is 19.7 Å². The van der Waals surface area contributed by atoms with E-state index in [1.54, 1.807) is 30.3 Å². The molecule has 142 valence electrons. The van der Waals surface area contributed by atoms with Crippen LogP contribution in [0.5, 0.6) is 5.75 Å². The molecule has 9 heteroatoms. The molecule has 0 atom stereocenters. The van der Waals surface area contributed by atoms with Gasteiger partial charge in [-0.15, -0.1) is 0 Å². The van der Waals surface area contributed by atoms with Crippen LogP contribution in [0.2, 0.25) is 0 Å². The lowest BCUT2D eigenvalue weighted by atomic mass is 10.1. The van der Waals surface area contributed by atoms with Gasteiger partial charge in [-0.3, -0.25) is 14.9 Å². The number of nitro groups is 1. The molecule has 0 bridgehead atoms. The van der Waals surface area contributed by atoms with Gasteiger partial charge < -0.3 is 4.74 Å². The normalized spacial score (nSPS) is 14.8. The van der Waals surface area contributed by atoms with Gasteiger partial charge in [0.05, 0.1) is 9.82 Å². The van der Waals surface area contributed by atoms with Gasteiger partial charge in [0.2, 0.25) is 10.0 Å². The number of Topliss-reactive ketones (excluding diaryl/α,β-unsaturated/α-hetero) is 1. The summed E-state index contributed by atoms with van der Waals surface area (Å²) in [6.07, 6.45) is 1.54. The maximum atomic E-state index is 12.6. The Balaban J connectivity index is 1.82. The molecule has 0 spiro atoms. The third-order valence-corrected chi connectivity index (χ3v) is 6.18. The third kappa shape index (κ3) is 4.15. The molecule has 0 amide bonds. The molecule has 1 aliphatic rings. The lowest BCUT2D eigenvalue weighted by molar-refractivity contribution is -0.386. The molecule has 0 radical (unpaired) electrons. The van der Waals surface area contributed by atoms with Crippen molar-refractivity contribution >= 4 is 21.5 Å². The molecule has 0 unspecified atom stereocenters. The van der Waals surface area contributed by atoms with E-state index in [0.717, 1.165) is 18.9 Å². The number of sulfonamides is 1. The standard InChI is InChI=1S/C18H18N2O6S/c21-17(14-6-2-1-3-7-14)13-26-18-9-8-15(12-16(18)20(22)23)27(24,25)19-10-4-5-11-19/h1-3,6-9,12H,4-5,10-11,13H2. The van der Waals surface area contributed by atoms with Gasteiger partial charge in [-0.1, -0.05) is 30.3 Å². The number of ketones is 1. The second-order valence-corrected chi connectivity index (χ2v) is 8.01. The Labute approximate surface area is 156 Å². The van der Waals surface area contributed by atoms with Crippen molar-refractivity contribution in [2.24, 2.45) is 0 Å². The summed E-state index contributed by atoms with van der Waals surface area (Å²) in [6, 6.07) is 11.9. The van der Waals surface area contributed by atoms with Crippen LogP contribution in [0.1, 0.15) is 23.2 Å². The van der Waals surface area contributed by atoms with Crippen molar-refractivity contribution in [3.05, 3.63) is 64.2 Å². The topological polar surface area (TPSA) is 107 Å².